The normalized spacial score (nSPS) is 9.44. The number of nitrogen functional groups attached to an aromatic ring is 1. The largest absolute Gasteiger partial charge is 0.399 e. The van der Waals surface area contributed by atoms with E-state index in [9.17, 15) is 27.2 Å². The van der Waals surface area contributed by atoms with Gasteiger partial charge in [-0.3, -0.25) is 9.59 Å². The molecule has 148 valence electrons. The van der Waals surface area contributed by atoms with Gasteiger partial charge in [0.15, 0.2) is 0 Å². The van der Waals surface area contributed by atoms with Crippen molar-refractivity contribution in [3.05, 3.63) is 65.2 Å². The number of alkyl halides is 2. The fourth-order valence-electron chi connectivity index (χ4n) is 1.56. The molecule has 2 aromatic carbocycles. The zero-order chi connectivity index (χ0) is 21.0. The zero-order valence-electron chi connectivity index (χ0n) is 13.6. The quantitative estimate of drug-likeness (QED) is 0.231. The molecule has 0 fully saturated rings. The monoisotopic (exact) mass is 577 g/mol. The van der Waals surface area contributed by atoms with Crippen LogP contribution in [-0.2, 0) is 16.0 Å². The highest BCUT2D eigenvalue weighted by molar-refractivity contribution is 9.19. The molecule has 0 spiro atoms. The van der Waals surface area contributed by atoms with Gasteiger partial charge in [0, 0.05) is 24.2 Å². The van der Waals surface area contributed by atoms with Gasteiger partial charge in [0.1, 0.15) is 29.1 Å². The van der Waals surface area contributed by atoms with Crippen molar-refractivity contribution in [1.82, 2.24) is 0 Å². The second-order valence-electron chi connectivity index (χ2n) is 4.82. The molecular weight excluding hydrogens is 566 g/mol. The van der Waals surface area contributed by atoms with Gasteiger partial charge < -0.3 is 5.73 Å². The van der Waals surface area contributed by atoms with E-state index in [1.807, 2.05) is 0 Å². The van der Waals surface area contributed by atoms with E-state index in [0.717, 1.165) is 36.4 Å². The maximum absolute atomic E-state index is 12.6. The molecule has 0 aliphatic rings. The molecule has 0 aliphatic heterocycles. The smallest absolute Gasteiger partial charge is 0.208 e. The predicted octanol–water partition coefficient (Wildman–Crippen LogP) is 5.32. The van der Waals surface area contributed by atoms with Crippen molar-refractivity contribution in [1.29, 1.82) is 0 Å². The number of Topliss-reactive ketones (excluding diaryl/α,β-unsaturated/α-hetero) is 1. The standard InChI is InChI=1S/C9H7BrF2O.C6H5F2N.C2H2Br2O/c10-5-9(13)3-6-1-7(11)4-8(12)2-6;7-4-1-5(8)3-6(9)2-4;3-1-2(4)5/h1-2,4H,3,5H2;1-3H,9H2;1H2. The molecule has 2 aromatic rings. The molecule has 0 bridgehead atoms. The van der Waals surface area contributed by atoms with E-state index >= 15 is 0 Å². The lowest BCUT2D eigenvalue weighted by molar-refractivity contribution is -0.116. The molecule has 0 amide bonds. The van der Waals surface area contributed by atoms with Crippen LogP contribution in [0.1, 0.15) is 5.56 Å². The average molecular weight is 580 g/mol. The Bertz CT molecular complexity index is 705. The van der Waals surface area contributed by atoms with E-state index in [-0.39, 0.29) is 27.9 Å². The third-order valence-corrected chi connectivity index (χ3v) is 4.63. The number of carbonyl (C=O) groups is 2. The first-order chi connectivity index (χ1) is 12.6. The second-order valence-corrected chi connectivity index (χ2v) is 6.82. The van der Waals surface area contributed by atoms with Gasteiger partial charge in [0.05, 0.1) is 10.7 Å². The number of ketones is 1. The molecule has 0 unspecified atom stereocenters. The van der Waals surface area contributed by atoms with E-state index < -0.39 is 23.3 Å². The van der Waals surface area contributed by atoms with Gasteiger partial charge >= 0.3 is 0 Å². The number of hydrogen-bond acceptors (Lipinski definition) is 3. The molecule has 0 atom stereocenters. The lowest BCUT2D eigenvalue weighted by Gasteiger charge is -1.99. The molecule has 0 radical (unpaired) electrons. The summed E-state index contributed by atoms with van der Waals surface area (Å²) >= 11 is 8.58. The van der Waals surface area contributed by atoms with Crippen LogP contribution in [0.15, 0.2) is 36.4 Å². The molecule has 2 N–H and O–H groups in total. The number of anilines is 1. The van der Waals surface area contributed by atoms with E-state index in [0.29, 0.717) is 10.9 Å². The lowest BCUT2D eigenvalue weighted by Crippen LogP contribution is -2.04. The molecule has 10 heteroatoms. The first kappa shape index (κ1) is 25.7. The Hall–Kier alpha value is -1.26. The Morgan fingerprint density at radius 3 is 1.44 bits per heavy atom. The highest BCUT2D eigenvalue weighted by atomic mass is 79.9. The van der Waals surface area contributed by atoms with Crippen molar-refractivity contribution >= 4 is 64.0 Å². The molecule has 0 saturated carbocycles. The van der Waals surface area contributed by atoms with E-state index in [4.69, 9.17) is 5.73 Å². The van der Waals surface area contributed by atoms with Crippen LogP contribution in [0.5, 0.6) is 0 Å². The Balaban J connectivity index is 0.000000419. The SMILES string of the molecule is Nc1cc(F)cc(F)c1.O=C(Br)CBr.O=C(CBr)Cc1cc(F)cc(F)c1. The Morgan fingerprint density at radius 2 is 1.15 bits per heavy atom. The van der Waals surface area contributed by atoms with Crippen molar-refractivity contribution < 1.29 is 27.2 Å². The van der Waals surface area contributed by atoms with E-state index in [1.165, 1.54) is 0 Å². The topological polar surface area (TPSA) is 60.2 Å². The predicted molar refractivity (Wildman–Crippen MR) is 107 cm³/mol. The molecule has 0 aliphatic carbocycles. The Labute approximate surface area is 178 Å². The average Bonchev–Trinajstić information content (AvgIpc) is 2.53. The molecule has 0 saturated heterocycles. The summed E-state index contributed by atoms with van der Waals surface area (Å²) in [5.41, 5.74) is 5.55. The first-order valence-corrected chi connectivity index (χ1v) is 10.1. The van der Waals surface area contributed by atoms with Gasteiger partial charge in [0.2, 0.25) is 4.69 Å². The minimum atomic E-state index is -0.655. The minimum Gasteiger partial charge on any atom is -0.399 e. The number of benzene rings is 2. The number of nitrogens with two attached hydrogens (primary N) is 1. The second kappa shape index (κ2) is 13.8. The van der Waals surface area contributed by atoms with Gasteiger partial charge in [-0.2, -0.15) is 0 Å². The van der Waals surface area contributed by atoms with E-state index in [2.05, 4.69) is 47.8 Å². The Morgan fingerprint density at radius 1 is 0.778 bits per heavy atom. The fraction of sp³-hybridized carbons (Fsp3) is 0.176. The number of carbonyl (C=O) groups excluding carboxylic acids is 2. The molecule has 3 nitrogen and oxygen atoms in total. The maximum Gasteiger partial charge on any atom is 0.208 e. The first-order valence-electron chi connectivity index (χ1n) is 7.05. The van der Waals surface area contributed by atoms with Crippen molar-refractivity contribution in [2.24, 2.45) is 0 Å². The molecule has 0 aromatic heterocycles. The third kappa shape index (κ3) is 13.5. The fourth-order valence-corrected chi connectivity index (χ4v) is 1.76. The van der Waals surface area contributed by atoms with Gasteiger partial charge in [0.25, 0.3) is 0 Å². The summed E-state index contributed by atoms with van der Waals surface area (Å²) < 4.78 is 49.4. The van der Waals surface area contributed by atoms with E-state index in [1.54, 1.807) is 0 Å². The molecular formula is C17H14Br3F4NO2. The highest BCUT2D eigenvalue weighted by Gasteiger charge is 2.04. The lowest BCUT2D eigenvalue weighted by atomic mass is 10.1. The van der Waals surface area contributed by atoms with Crippen molar-refractivity contribution in [2.45, 2.75) is 6.42 Å². The summed E-state index contributed by atoms with van der Waals surface area (Å²) in [6.07, 6.45) is 0.0555. The molecule has 2 rings (SSSR count). The number of rotatable bonds is 4. The third-order valence-electron chi connectivity index (χ3n) is 2.46. The van der Waals surface area contributed by atoms with Crippen molar-refractivity contribution in [2.75, 3.05) is 16.4 Å². The summed E-state index contributed by atoms with van der Waals surface area (Å²) in [6, 6.07) is 5.98. The van der Waals surface area contributed by atoms with Crippen molar-refractivity contribution in [3.8, 4) is 0 Å². The van der Waals surface area contributed by atoms with Crippen molar-refractivity contribution in [3.63, 3.8) is 0 Å². The maximum atomic E-state index is 12.6. The van der Waals surface area contributed by atoms with Crippen LogP contribution >= 0.6 is 47.8 Å². The van der Waals surface area contributed by atoms with Crippen LogP contribution < -0.4 is 5.73 Å². The Kier molecular flexibility index (Phi) is 13.2. The highest BCUT2D eigenvalue weighted by Crippen LogP contribution is 2.09. The van der Waals surface area contributed by atoms with Crippen LogP contribution in [0.4, 0.5) is 23.2 Å². The zero-order valence-corrected chi connectivity index (χ0v) is 18.4. The van der Waals surface area contributed by atoms with Crippen LogP contribution in [0, 0.1) is 23.3 Å². The van der Waals surface area contributed by atoms with Gasteiger partial charge in [-0.05, 0) is 45.8 Å². The van der Waals surface area contributed by atoms with Crippen LogP contribution in [0.3, 0.4) is 0 Å². The van der Waals surface area contributed by atoms with Gasteiger partial charge in [-0.15, -0.1) is 0 Å². The number of hydrogen-bond donors (Lipinski definition) is 1. The summed E-state index contributed by atoms with van der Waals surface area (Å²) in [6.45, 7) is 0. The summed E-state index contributed by atoms with van der Waals surface area (Å²) in [7, 11) is 0. The number of halogens is 7. The summed E-state index contributed by atoms with van der Waals surface area (Å²) in [5, 5.41) is 0.595. The van der Waals surface area contributed by atoms with Gasteiger partial charge in [-0.1, -0.05) is 31.9 Å². The summed E-state index contributed by atoms with van der Waals surface area (Å²) in [4.78, 5) is 20.6. The van der Waals surface area contributed by atoms with Gasteiger partial charge in [-0.25, -0.2) is 17.6 Å². The minimum absolute atomic E-state index is 0.0162. The molecule has 0 heterocycles. The van der Waals surface area contributed by atoms with Crippen LogP contribution in [0.25, 0.3) is 0 Å². The summed E-state index contributed by atoms with van der Waals surface area (Å²) in [5.74, 6) is -2.71. The molecule has 27 heavy (non-hydrogen) atoms. The van der Waals surface area contributed by atoms with Crippen LogP contribution in [-0.4, -0.2) is 21.1 Å². The van der Waals surface area contributed by atoms with Crippen LogP contribution in [0.2, 0.25) is 0 Å².